The van der Waals surface area contributed by atoms with E-state index in [9.17, 15) is 4.79 Å². The van der Waals surface area contributed by atoms with Crippen LogP contribution in [0.1, 0.15) is 15.9 Å². The van der Waals surface area contributed by atoms with E-state index in [1.807, 2.05) is 12.1 Å². The number of pyridine rings is 1. The standard InChI is InChI=1S/C14H11I2N3O2/c1-21-13-10(5-11(15)6-12(13)16)8-18-19-14(20)9-3-2-4-17-7-9/h2-8H,1H3,(H,19,20)/b18-8-. The first kappa shape index (κ1) is 16.1. The van der Waals surface area contributed by atoms with E-state index in [1.54, 1.807) is 31.7 Å². The van der Waals surface area contributed by atoms with Gasteiger partial charge in [-0.3, -0.25) is 9.78 Å². The molecule has 0 saturated heterocycles. The number of carbonyl (C=O) groups excluding carboxylic acids is 1. The molecule has 1 heterocycles. The monoisotopic (exact) mass is 507 g/mol. The molecule has 1 aromatic heterocycles. The lowest BCUT2D eigenvalue weighted by molar-refractivity contribution is 0.0955. The third kappa shape index (κ3) is 4.37. The number of hydrazone groups is 1. The highest BCUT2D eigenvalue weighted by Gasteiger charge is 2.08. The van der Waals surface area contributed by atoms with Gasteiger partial charge in [-0.15, -0.1) is 0 Å². The maximum atomic E-state index is 11.8. The van der Waals surface area contributed by atoms with Crippen molar-refractivity contribution < 1.29 is 9.53 Å². The van der Waals surface area contributed by atoms with Gasteiger partial charge in [0, 0.05) is 21.5 Å². The van der Waals surface area contributed by atoms with Crippen LogP contribution in [0.2, 0.25) is 0 Å². The molecule has 2 rings (SSSR count). The Labute approximate surface area is 149 Å². The van der Waals surface area contributed by atoms with E-state index < -0.39 is 0 Å². The quantitative estimate of drug-likeness (QED) is 0.394. The van der Waals surface area contributed by atoms with Crippen LogP contribution in [0.25, 0.3) is 0 Å². The van der Waals surface area contributed by atoms with E-state index in [4.69, 9.17) is 4.74 Å². The third-order valence-corrected chi connectivity index (χ3v) is 3.96. The Bertz CT molecular complexity index is 675. The van der Waals surface area contributed by atoms with Gasteiger partial charge in [-0.1, -0.05) is 0 Å². The highest BCUT2D eigenvalue weighted by molar-refractivity contribution is 14.1. The Kier molecular flexibility index (Phi) is 5.91. The zero-order chi connectivity index (χ0) is 15.2. The van der Waals surface area contributed by atoms with Gasteiger partial charge in [0.25, 0.3) is 5.91 Å². The van der Waals surface area contributed by atoms with Crippen molar-refractivity contribution in [1.29, 1.82) is 0 Å². The number of halogens is 2. The number of ether oxygens (including phenoxy) is 1. The molecule has 5 nitrogen and oxygen atoms in total. The summed E-state index contributed by atoms with van der Waals surface area (Å²) in [5.74, 6) is 0.425. The molecule has 1 N–H and O–H groups in total. The molecule has 0 fully saturated rings. The van der Waals surface area contributed by atoms with Gasteiger partial charge in [0.1, 0.15) is 5.75 Å². The number of nitrogens with one attached hydrogen (secondary N) is 1. The molecule has 0 aliphatic rings. The molecule has 0 radical (unpaired) electrons. The van der Waals surface area contributed by atoms with Crippen molar-refractivity contribution in [3.63, 3.8) is 0 Å². The largest absolute Gasteiger partial charge is 0.495 e. The fourth-order valence-electron chi connectivity index (χ4n) is 1.61. The molecule has 1 aromatic carbocycles. The summed E-state index contributed by atoms with van der Waals surface area (Å²) in [4.78, 5) is 15.7. The van der Waals surface area contributed by atoms with Crippen molar-refractivity contribution in [2.45, 2.75) is 0 Å². The van der Waals surface area contributed by atoms with E-state index >= 15 is 0 Å². The minimum absolute atomic E-state index is 0.307. The Morgan fingerprint density at radius 2 is 2.24 bits per heavy atom. The number of amides is 1. The average molecular weight is 507 g/mol. The molecule has 21 heavy (non-hydrogen) atoms. The van der Waals surface area contributed by atoms with Crippen molar-refractivity contribution in [2.75, 3.05) is 7.11 Å². The first-order valence-electron chi connectivity index (χ1n) is 5.88. The second-order valence-corrected chi connectivity index (χ2v) is 6.36. The molecule has 2 aromatic rings. The predicted octanol–water partition coefficient (Wildman–Crippen LogP) is 3.06. The van der Waals surface area contributed by atoms with Crippen molar-refractivity contribution >= 4 is 57.3 Å². The second kappa shape index (κ2) is 7.69. The van der Waals surface area contributed by atoms with Crippen LogP contribution in [0, 0.1) is 7.14 Å². The van der Waals surface area contributed by atoms with Gasteiger partial charge >= 0.3 is 0 Å². The number of nitrogens with zero attached hydrogens (tertiary/aromatic N) is 2. The van der Waals surface area contributed by atoms with E-state index in [1.165, 1.54) is 6.20 Å². The smallest absolute Gasteiger partial charge is 0.272 e. The second-order valence-electron chi connectivity index (χ2n) is 3.95. The first-order chi connectivity index (χ1) is 10.1. The van der Waals surface area contributed by atoms with Crippen LogP contribution in [0.4, 0.5) is 0 Å². The van der Waals surface area contributed by atoms with Gasteiger partial charge in [-0.05, 0) is 69.4 Å². The third-order valence-electron chi connectivity index (χ3n) is 2.53. The average Bonchev–Trinajstić information content (AvgIpc) is 2.47. The minimum atomic E-state index is -0.307. The summed E-state index contributed by atoms with van der Waals surface area (Å²) >= 11 is 4.42. The number of hydrogen-bond donors (Lipinski definition) is 1. The summed E-state index contributed by atoms with van der Waals surface area (Å²) in [5, 5.41) is 3.97. The summed E-state index contributed by atoms with van der Waals surface area (Å²) in [6.45, 7) is 0. The van der Waals surface area contributed by atoms with Gasteiger partial charge in [-0.25, -0.2) is 5.43 Å². The van der Waals surface area contributed by atoms with Gasteiger partial charge in [0.05, 0.1) is 22.5 Å². The van der Waals surface area contributed by atoms with Crippen molar-refractivity contribution in [3.8, 4) is 5.75 Å². The highest BCUT2D eigenvalue weighted by Crippen LogP contribution is 2.26. The zero-order valence-electron chi connectivity index (χ0n) is 11.0. The maximum Gasteiger partial charge on any atom is 0.272 e. The van der Waals surface area contributed by atoms with E-state index in [-0.39, 0.29) is 5.91 Å². The molecule has 7 heteroatoms. The molecule has 0 atom stereocenters. The van der Waals surface area contributed by atoms with E-state index in [2.05, 4.69) is 60.7 Å². The molecule has 0 spiro atoms. The molecule has 0 bridgehead atoms. The number of carbonyl (C=O) groups is 1. The molecule has 0 aliphatic carbocycles. The first-order valence-corrected chi connectivity index (χ1v) is 8.04. The SMILES string of the molecule is COc1c(I)cc(I)cc1/C=N\NC(=O)c1cccnc1. The summed E-state index contributed by atoms with van der Waals surface area (Å²) in [7, 11) is 1.61. The zero-order valence-corrected chi connectivity index (χ0v) is 15.3. The van der Waals surface area contributed by atoms with Crippen LogP contribution in [0.5, 0.6) is 5.75 Å². The van der Waals surface area contributed by atoms with Crippen LogP contribution in [-0.2, 0) is 0 Å². The normalized spacial score (nSPS) is 10.6. The number of benzene rings is 1. The molecule has 1 amide bonds. The number of aromatic nitrogens is 1. The van der Waals surface area contributed by atoms with Crippen LogP contribution in [0.3, 0.4) is 0 Å². The fourth-order valence-corrected chi connectivity index (χ4v) is 3.72. The number of hydrogen-bond acceptors (Lipinski definition) is 4. The topological polar surface area (TPSA) is 63.6 Å². The minimum Gasteiger partial charge on any atom is -0.495 e. The van der Waals surface area contributed by atoms with Crippen molar-refractivity contribution in [1.82, 2.24) is 10.4 Å². The fraction of sp³-hybridized carbons (Fsp3) is 0.0714. The summed E-state index contributed by atoms with van der Waals surface area (Å²) < 4.78 is 7.40. The Morgan fingerprint density at radius 1 is 1.43 bits per heavy atom. The summed E-state index contributed by atoms with van der Waals surface area (Å²) in [6, 6.07) is 7.31. The molecule has 0 saturated carbocycles. The molecular weight excluding hydrogens is 496 g/mol. The highest BCUT2D eigenvalue weighted by atomic mass is 127. The molecule has 0 aliphatic heterocycles. The predicted molar refractivity (Wildman–Crippen MR) is 97.7 cm³/mol. The van der Waals surface area contributed by atoms with E-state index in [0.717, 1.165) is 18.5 Å². The van der Waals surface area contributed by atoms with Crippen LogP contribution in [0.15, 0.2) is 41.8 Å². The lowest BCUT2D eigenvalue weighted by Gasteiger charge is -2.07. The van der Waals surface area contributed by atoms with Crippen molar-refractivity contribution in [3.05, 3.63) is 54.9 Å². The lowest BCUT2D eigenvalue weighted by Crippen LogP contribution is -2.17. The van der Waals surface area contributed by atoms with E-state index in [0.29, 0.717) is 5.56 Å². The van der Waals surface area contributed by atoms with Crippen LogP contribution < -0.4 is 10.2 Å². The van der Waals surface area contributed by atoms with Crippen LogP contribution >= 0.6 is 45.2 Å². The Balaban J connectivity index is 2.13. The maximum absolute atomic E-state index is 11.8. The summed E-state index contributed by atoms with van der Waals surface area (Å²) in [6.07, 6.45) is 4.66. The van der Waals surface area contributed by atoms with Gasteiger partial charge < -0.3 is 4.74 Å². The molecule has 0 unspecified atom stereocenters. The van der Waals surface area contributed by atoms with Gasteiger partial charge in [0.2, 0.25) is 0 Å². The Morgan fingerprint density at radius 3 is 2.90 bits per heavy atom. The van der Waals surface area contributed by atoms with Crippen LogP contribution in [-0.4, -0.2) is 24.2 Å². The Hall–Kier alpha value is -1.23. The summed E-state index contributed by atoms with van der Waals surface area (Å²) in [5.41, 5.74) is 3.73. The van der Waals surface area contributed by atoms with Crippen molar-refractivity contribution in [2.24, 2.45) is 5.10 Å². The van der Waals surface area contributed by atoms with Gasteiger partial charge in [0.15, 0.2) is 0 Å². The number of rotatable bonds is 4. The molecule has 108 valence electrons. The number of methoxy groups -OCH3 is 1. The molecular formula is C14H11I2N3O2. The lowest BCUT2D eigenvalue weighted by atomic mass is 10.2. The van der Waals surface area contributed by atoms with Gasteiger partial charge in [-0.2, -0.15) is 5.10 Å².